The molecule has 0 N–H and O–H groups in total. The Hall–Kier alpha value is -3.35. The Kier molecular flexibility index (Phi) is 5.40. The number of rotatable bonds is 6. The second kappa shape index (κ2) is 7.90. The minimum Gasteiger partial charge on any atom is -0.497 e. The fourth-order valence-corrected chi connectivity index (χ4v) is 2.42. The average Bonchev–Trinajstić information content (AvgIpc) is 3.18. The lowest BCUT2D eigenvalue weighted by Gasteiger charge is -2.11. The van der Waals surface area contributed by atoms with E-state index in [2.05, 4.69) is 10.2 Å². The van der Waals surface area contributed by atoms with Gasteiger partial charge in [-0.2, -0.15) is 0 Å². The summed E-state index contributed by atoms with van der Waals surface area (Å²) in [6.07, 6.45) is -0.707. The number of hydrogen-bond donors (Lipinski definition) is 0. The van der Waals surface area contributed by atoms with Gasteiger partial charge in [0.15, 0.2) is 6.10 Å². The van der Waals surface area contributed by atoms with Gasteiger partial charge >= 0.3 is 5.97 Å². The molecule has 0 spiro atoms. The summed E-state index contributed by atoms with van der Waals surface area (Å²) in [4.78, 5) is 12.5. The van der Waals surface area contributed by atoms with Crippen LogP contribution >= 0.6 is 0 Å². The molecule has 2 aromatic carbocycles. The Labute approximate surface area is 156 Å². The van der Waals surface area contributed by atoms with Crippen LogP contribution in [0.1, 0.15) is 34.8 Å². The van der Waals surface area contributed by atoms with Crippen molar-refractivity contribution in [3.63, 3.8) is 0 Å². The van der Waals surface area contributed by atoms with Crippen molar-refractivity contribution in [1.29, 1.82) is 0 Å². The number of hydrogen-bond acceptors (Lipinski definition) is 7. The molecule has 1 heterocycles. The third-order valence-corrected chi connectivity index (χ3v) is 3.96. The molecule has 7 heteroatoms. The monoisotopic (exact) mass is 368 g/mol. The number of aryl methyl sites for hydroxylation is 1. The summed E-state index contributed by atoms with van der Waals surface area (Å²) in [6, 6.07) is 12.5. The Balaban J connectivity index is 1.74. The van der Waals surface area contributed by atoms with Crippen molar-refractivity contribution in [2.24, 2.45) is 0 Å². The zero-order chi connectivity index (χ0) is 19.4. The zero-order valence-corrected chi connectivity index (χ0v) is 15.6. The van der Waals surface area contributed by atoms with Crippen molar-refractivity contribution in [2.45, 2.75) is 20.0 Å². The third kappa shape index (κ3) is 4.25. The first-order chi connectivity index (χ1) is 13.0. The maximum atomic E-state index is 12.5. The molecule has 3 aromatic rings. The highest BCUT2D eigenvalue weighted by atomic mass is 16.6. The molecular weight excluding hydrogens is 348 g/mol. The molecule has 1 aromatic heterocycles. The van der Waals surface area contributed by atoms with Gasteiger partial charge in [0, 0.05) is 11.6 Å². The lowest BCUT2D eigenvalue weighted by atomic mass is 10.1. The van der Waals surface area contributed by atoms with Gasteiger partial charge in [-0.3, -0.25) is 0 Å². The smallest absolute Gasteiger partial charge is 0.339 e. The molecule has 27 heavy (non-hydrogen) atoms. The molecule has 0 saturated carbocycles. The van der Waals surface area contributed by atoms with E-state index in [1.165, 1.54) is 14.2 Å². The molecule has 140 valence electrons. The molecule has 0 aliphatic heterocycles. The van der Waals surface area contributed by atoms with Gasteiger partial charge < -0.3 is 18.6 Å². The van der Waals surface area contributed by atoms with E-state index < -0.39 is 12.1 Å². The van der Waals surface area contributed by atoms with E-state index >= 15 is 0 Å². The van der Waals surface area contributed by atoms with Crippen LogP contribution in [0, 0.1) is 6.92 Å². The van der Waals surface area contributed by atoms with Crippen LogP contribution in [-0.4, -0.2) is 30.4 Å². The minimum absolute atomic E-state index is 0.216. The Bertz CT molecular complexity index is 912. The van der Waals surface area contributed by atoms with E-state index in [1.54, 1.807) is 25.1 Å². The predicted octanol–water partition coefficient (Wildman–Crippen LogP) is 3.98. The molecule has 0 unspecified atom stereocenters. The van der Waals surface area contributed by atoms with Gasteiger partial charge in [0.25, 0.3) is 5.89 Å². The van der Waals surface area contributed by atoms with Crippen LogP contribution in [0.4, 0.5) is 0 Å². The molecule has 0 saturated heterocycles. The Morgan fingerprint density at radius 3 is 2.22 bits per heavy atom. The summed E-state index contributed by atoms with van der Waals surface area (Å²) >= 11 is 0. The highest BCUT2D eigenvalue weighted by molar-refractivity contribution is 5.90. The molecule has 0 radical (unpaired) electrons. The molecule has 0 aliphatic carbocycles. The average molecular weight is 368 g/mol. The number of ether oxygens (including phenoxy) is 3. The number of nitrogens with zero attached hydrogens (tertiary/aromatic N) is 2. The fourth-order valence-electron chi connectivity index (χ4n) is 2.42. The number of aromatic nitrogens is 2. The SMILES string of the molecule is COc1cc(OC)cc(C(=O)O[C@@H](C)c2nnc(-c3ccc(C)cc3)o2)c1. The molecule has 0 bridgehead atoms. The highest BCUT2D eigenvalue weighted by Gasteiger charge is 2.21. The maximum absolute atomic E-state index is 12.5. The van der Waals surface area contributed by atoms with Gasteiger partial charge in [-0.15, -0.1) is 10.2 Å². The molecule has 0 fully saturated rings. The van der Waals surface area contributed by atoms with E-state index in [4.69, 9.17) is 18.6 Å². The van der Waals surface area contributed by atoms with Crippen LogP contribution in [-0.2, 0) is 4.74 Å². The Morgan fingerprint density at radius 2 is 1.63 bits per heavy atom. The largest absolute Gasteiger partial charge is 0.497 e. The van der Waals surface area contributed by atoms with Crippen molar-refractivity contribution in [3.05, 3.63) is 59.5 Å². The summed E-state index contributed by atoms with van der Waals surface area (Å²) in [5.41, 5.74) is 2.24. The number of carbonyl (C=O) groups is 1. The van der Waals surface area contributed by atoms with Crippen molar-refractivity contribution in [2.75, 3.05) is 14.2 Å². The van der Waals surface area contributed by atoms with Gasteiger partial charge in [-0.05, 0) is 38.1 Å². The van der Waals surface area contributed by atoms with E-state index in [-0.39, 0.29) is 5.89 Å². The van der Waals surface area contributed by atoms with E-state index in [1.807, 2.05) is 31.2 Å². The van der Waals surface area contributed by atoms with Crippen molar-refractivity contribution < 1.29 is 23.4 Å². The number of benzene rings is 2. The lowest BCUT2D eigenvalue weighted by Crippen LogP contribution is -2.10. The first kappa shape index (κ1) is 18.4. The predicted molar refractivity (Wildman–Crippen MR) is 97.8 cm³/mol. The van der Waals surface area contributed by atoms with E-state index in [9.17, 15) is 4.79 Å². The number of methoxy groups -OCH3 is 2. The summed E-state index contributed by atoms with van der Waals surface area (Å²) in [6.45, 7) is 3.67. The molecule has 0 amide bonds. The van der Waals surface area contributed by atoms with Crippen molar-refractivity contribution >= 4 is 5.97 Å². The van der Waals surface area contributed by atoms with Crippen LogP contribution < -0.4 is 9.47 Å². The van der Waals surface area contributed by atoms with Crippen LogP contribution in [0.15, 0.2) is 46.9 Å². The summed E-state index contributed by atoms with van der Waals surface area (Å²) in [7, 11) is 3.02. The van der Waals surface area contributed by atoms with Crippen LogP contribution in [0.25, 0.3) is 11.5 Å². The van der Waals surface area contributed by atoms with Crippen LogP contribution in [0.3, 0.4) is 0 Å². The topological polar surface area (TPSA) is 83.7 Å². The fraction of sp³-hybridized carbons (Fsp3) is 0.250. The number of carbonyl (C=O) groups excluding carboxylic acids is 1. The quantitative estimate of drug-likeness (QED) is 0.609. The first-order valence-corrected chi connectivity index (χ1v) is 8.34. The third-order valence-electron chi connectivity index (χ3n) is 3.96. The van der Waals surface area contributed by atoms with Gasteiger partial charge in [0.2, 0.25) is 5.89 Å². The molecule has 3 rings (SSSR count). The molecule has 7 nitrogen and oxygen atoms in total. The highest BCUT2D eigenvalue weighted by Crippen LogP contribution is 2.26. The van der Waals surface area contributed by atoms with Crippen molar-refractivity contribution in [1.82, 2.24) is 10.2 Å². The second-order valence-corrected chi connectivity index (χ2v) is 5.96. The normalized spacial score (nSPS) is 11.7. The van der Waals surface area contributed by atoms with Gasteiger partial charge in [-0.1, -0.05) is 17.7 Å². The summed E-state index contributed by atoms with van der Waals surface area (Å²) in [5, 5.41) is 8.01. The van der Waals surface area contributed by atoms with Gasteiger partial charge in [0.1, 0.15) is 11.5 Å². The van der Waals surface area contributed by atoms with Crippen LogP contribution in [0.5, 0.6) is 11.5 Å². The second-order valence-electron chi connectivity index (χ2n) is 5.96. The van der Waals surface area contributed by atoms with Gasteiger partial charge in [0.05, 0.1) is 19.8 Å². The summed E-state index contributed by atoms with van der Waals surface area (Å²) < 4.78 is 21.4. The Morgan fingerprint density at radius 1 is 1.00 bits per heavy atom. The molecule has 1 atom stereocenters. The zero-order valence-electron chi connectivity index (χ0n) is 15.6. The lowest BCUT2D eigenvalue weighted by molar-refractivity contribution is 0.0279. The van der Waals surface area contributed by atoms with Crippen molar-refractivity contribution in [3.8, 4) is 23.0 Å². The van der Waals surface area contributed by atoms with E-state index in [0.29, 0.717) is 23.0 Å². The van der Waals surface area contributed by atoms with Gasteiger partial charge in [-0.25, -0.2) is 4.79 Å². The number of esters is 1. The van der Waals surface area contributed by atoms with Crippen LogP contribution in [0.2, 0.25) is 0 Å². The standard InChI is InChI=1S/C20H20N2O5/c1-12-5-7-14(8-6-12)19-22-21-18(27-19)13(2)26-20(23)15-9-16(24-3)11-17(10-15)25-4/h5-11,13H,1-4H3/t13-/m0/s1. The maximum Gasteiger partial charge on any atom is 0.339 e. The summed E-state index contributed by atoms with van der Waals surface area (Å²) in [5.74, 6) is 1.03. The minimum atomic E-state index is -0.707. The first-order valence-electron chi connectivity index (χ1n) is 8.34. The molecular formula is C20H20N2O5. The molecule has 0 aliphatic rings. The van der Waals surface area contributed by atoms with E-state index in [0.717, 1.165) is 11.1 Å².